The summed E-state index contributed by atoms with van der Waals surface area (Å²) >= 11 is 0. The highest BCUT2D eigenvalue weighted by atomic mass is 32.2. The molecule has 0 aliphatic carbocycles. The molecular weight excluding hydrogens is 418 g/mol. The van der Waals surface area contributed by atoms with Crippen LogP contribution in [0, 0.1) is 0 Å². The molecule has 0 radical (unpaired) electrons. The Hall–Kier alpha value is -2.13. The van der Waals surface area contributed by atoms with E-state index in [9.17, 15) is 18.0 Å². The van der Waals surface area contributed by atoms with Gasteiger partial charge in [-0.15, -0.1) is 0 Å². The summed E-state index contributed by atoms with van der Waals surface area (Å²) in [6.45, 7) is 5.08. The number of amides is 2. The summed E-state index contributed by atoms with van der Waals surface area (Å²) in [5.41, 5.74) is 0.511. The zero-order valence-corrected chi connectivity index (χ0v) is 19.4. The lowest BCUT2D eigenvalue weighted by molar-refractivity contribution is -0.139. The zero-order chi connectivity index (χ0) is 22.6. The molecule has 1 aromatic carbocycles. The van der Waals surface area contributed by atoms with Crippen molar-refractivity contribution in [2.45, 2.75) is 64.1 Å². The summed E-state index contributed by atoms with van der Waals surface area (Å²) in [5.74, 6) is 0.383. The third kappa shape index (κ3) is 6.43. The molecule has 0 spiro atoms. The van der Waals surface area contributed by atoms with Crippen molar-refractivity contribution in [2.24, 2.45) is 0 Å². The summed E-state index contributed by atoms with van der Waals surface area (Å²) in [4.78, 5) is 29.0. The molecule has 1 N–H and O–H groups in total. The summed E-state index contributed by atoms with van der Waals surface area (Å²) in [7, 11) is -3.31. The first kappa shape index (κ1) is 23.5. The fourth-order valence-corrected chi connectivity index (χ4v) is 5.37. The van der Waals surface area contributed by atoms with Gasteiger partial charge in [0.2, 0.25) is 10.0 Å². The van der Waals surface area contributed by atoms with E-state index in [1.54, 1.807) is 29.2 Å². The molecule has 2 aliphatic heterocycles. The quantitative estimate of drug-likeness (QED) is 0.714. The molecule has 3 unspecified atom stereocenters. The van der Waals surface area contributed by atoms with Crippen LogP contribution in [0.3, 0.4) is 0 Å². The van der Waals surface area contributed by atoms with Crippen molar-refractivity contribution < 1.29 is 22.7 Å². The predicted octanol–water partition coefficient (Wildman–Crippen LogP) is 2.01. The van der Waals surface area contributed by atoms with Gasteiger partial charge in [-0.1, -0.05) is 0 Å². The lowest BCUT2D eigenvalue weighted by Gasteiger charge is -2.38. The van der Waals surface area contributed by atoms with Crippen LogP contribution in [0.15, 0.2) is 24.3 Å². The van der Waals surface area contributed by atoms with Gasteiger partial charge in [-0.3, -0.25) is 9.59 Å². The highest BCUT2D eigenvalue weighted by Crippen LogP contribution is 2.23. The van der Waals surface area contributed by atoms with E-state index in [1.165, 1.54) is 0 Å². The van der Waals surface area contributed by atoms with E-state index in [0.29, 0.717) is 30.8 Å². The van der Waals surface area contributed by atoms with Crippen LogP contribution < -0.4 is 9.46 Å². The van der Waals surface area contributed by atoms with Crippen molar-refractivity contribution in [1.29, 1.82) is 0 Å². The Morgan fingerprint density at radius 1 is 1.06 bits per heavy atom. The molecule has 3 rings (SSSR count). The van der Waals surface area contributed by atoms with E-state index >= 15 is 0 Å². The van der Waals surface area contributed by atoms with Gasteiger partial charge in [0.05, 0.1) is 6.26 Å². The first-order chi connectivity index (χ1) is 14.6. The zero-order valence-electron chi connectivity index (χ0n) is 18.5. The number of ether oxygens (including phenoxy) is 1. The predicted molar refractivity (Wildman–Crippen MR) is 118 cm³/mol. The Kier molecular flexibility index (Phi) is 7.59. The van der Waals surface area contributed by atoms with Crippen molar-refractivity contribution in [3.05, 3.63) is 29.8 Å². The maximum Gasteiger partial charge on any atom is 0.260 e. The van der Waals surface area contributed by atoms with Gasteiger partial charge in [-0.05, 0) is 70.2 Å². The number of rotatable bonds is 6. The number of carbonyl (C=O) groups excluding carboxylic acids is 2. The smallest absolute Gasteiger partial charge is 0.260 e. The number of sulfonamides is 1. The van der Waals surface area contributed by atoms with Crippen molar-refractivity contribution in [3.8, 4) is 5.75 Å². The van der Waals surface area contributed by atoms with Crippen LogP contribution in [0.4, 0.5) is 0 Å². The van der Waals surface area contributed by atoms with Gasteiger partial charge >= 0.3 is 0 Å². The first-order valence-electron chi connectivity index (χ1n) is 10.9. The van der Waals surface area contributed by atoms with Gasteiger partial charge in [-0.25, -0.2) is 13.1 Å². The number of hydrogen-bond acceptors (Lipinski definition) is 5. The average molecular weight is 452 g/mol. The molecule has 0 saturated carbocycles. The second-order valence-electron chi connectivity index (χ2n) is 8.72. The van der Waals surface area contributed by atoms with Crippen molar-refractivity contribution in [2.75, 3.05) is 26.0 Å². The van der Waals surface area contributed by atoms with Crippen LogP contribution in [0.1, 0.15) is 56.3 Å². The third-order valence-corrected chi connectivity index (χ3v) is 6.80. The molecule has 31 heavy (non-hydrogen) atoms. The molecule has 2 saturated heterocycles. The minimum Gasteiger partial charge on any atom is -0.484 e. The largest absolute Gasteiger partial charge is 0.484 e. The lowest BCUT2D eigenvalue weighted by atomic mass is 9.97. The molecule has 0 aromatic heterocycles. The van der Waals surface area contributed by atoms with Gasteiger partial charge in [0.1, 0.15) is 5.75 Å². The fraction of sp³-hybridized carbons (Fsp3) is 0.636. The van der Waals surface area contributed by atoms with E-state index in [4.69, 9.17) is 4.74 Å². The van der Waals surface area contributed by atoms with Crippen LogP contribution in [0.5, 0.6) is 5.75 Å². The minimum atomic E-state index is -3.31. The molecular formula is C22H33N3O5S. The van der Waals surface area contributed by atoms with Crippen molar-refractivity contribution in [3.63, 3.8) is 0 Å². The second kappa shape index (κ2) is 9.99. The van der Waals surface area contributed by atoms with Gasteiger partial charge in [0, 0.05) is 36.8 Å². The molecule has 2 amide bonds. The number of carbonyl (C=O) groups is 2. The molecule has 8 nitrogen and oxygen atoms in total. The Labute approximate surface area is 185 Å². The minimum absolute atomic E-state index is 0.0161. The van der Waals surface area contributed by atoms with E-state index in [1.807, 2.05) is 4.90 Å². The Balaban J connectivity index is 1.54. The molecule has 9 heteroatoms. The molecule has 2 aliphatic rings. The average Bonchev–Trinajstić information content (AvgIpc) is 2.71. The van der Waals surface area contributed by atoms with E-state index in [2.05, 4.69) is 18.6 Å². The van der Waals surface area contributed by atoms with Crippen LogP contribution in [0.2, 0.25) is 0 Å². The number of nitrogens with zero attached hydrogens (tertiary/aromatic N) is 2. The monoisotopic (exact) mass is 451 g/mol. The van der Waals surface area contributed by atoms with E-state index < -0.39 is 10.0 Å². The number of hydrogen-bond donors (Lipinski definition) is 1. The van der Waals surface area contributed by atoms with Gasteiger partial charge in [0.15, 0.2) is 6.61 Å². The van der Waals surface area contributed by atoms with Gasteiger partial charge in [0.25, 0.3) is 11.8 Å². The van der Waals surface area contributed by atoms with Crippen LogP contribution in [0.25, 0.3) is 0 Å². The lowest BCUT2D eigenvalue weighted by Crippen LogP contribution is -2.49. The standard InChI is InChI=1S/C22H33N3O5S/c1-16-6-4-7-17(2)25(16)21(26)15-30-20-11-9-18(10-12-20)22(27)24-13-5-8-19(14-24)23-31(3,28)29/h9-12,16-17,19,23H,4-8,13-15H2,1-3H3. The van der Waals surface area contributed by atoms with Crippen LogP contribution >= 0.6 is 0 Å². The maximum absolute atomic E-state index is 12.8. The molecule has 172 valence electrons. The van der Waals surface area contributed by atoms with Crippen LogP contribution in [-0.4, -0.2) is 74.1 Å². The Morgan fingerprint density at radius 3 is 2.32 bits per heavy atom. The SMILES string of the molecule is CC1CCCC(C)N1C(=O)COc1ccc(C(=O)N2CCCC(NS(C)(=O)=O)C2)cc1. The highest BCUT2D eigenvalue weighted by Gasteiger charge is 2.29. The number of likely N-dealkylation sites (tertiary alicyclic amines) is 2. The molecule has 2 fully saturated rings. The fourth-order valence-electron chi connectivity index (χ4n) is 4.57. The third-order valence-electron chi connectivity index (χ3n) is 6.03. The molecule has 2 heterocycles. The Bertz CT molecular complexity index is 877. The number of benzene rings is 1. The topological polar surface area (TPSA) is 96.0 Å². The van der Waals surface area contributed by atoms with Crippen molar-refractivity contribution >= 4 is 21.8 Å². The normalized spacial score (nSPS) is 24.7. The van der Waals surface area contributed by atoms with Crippen molar-refractivity contribution in [1.82, 2.24) is 14.5 Å². The van der Waals surface area contributed by atoms with E-state index in [0.717, 1.165) is 31.9 Å². The van der Waals surface area contributed by atoms with Gasteiger partial charge < -0.3 is 14.5 Å². The van der Waals surface area contributed by atoms with E-state index in [-0.39, 0.29) is 36.5 Å². The van der Waals surface area contributed by atoms with Crippen LogP contribution in [-0.2, 0) is 14.8 Å². The summed E-state index contributed by atoms with van der Waals surface area (Å²) < 4.78 is 31.2. The maximum atomic E-state index is 12.8. The molecule has 1 aromatic rings. The highest BCUT2D eigenvalue weighted by molar-refractivity contribution is 7.88. The number of nitrogens with one attached hydrogen (secondary N) is 1. The summed E-state index contributed by atoms with van der Waals surface area (Å²) in [6, 6.07) is 6.94. The number of piperidine rings is 2. The van der Waals surface area contributed by atoms with Gasteiger partial charge in [-0.2, -0.15) is 0 Å². The summed E-state index contributed by atoms with van der Waals surface area (Å²) in [5, 5.41) is 0. The molecule has 0 bridgehead atoms. The first-order valence-corrected chi connectivity index (χ1v) is 12.8. The second-order valence-corrected chi connectivity index (χ2v) is 10.5. The molecule has 3 atom stereocenters. The summed E-state index contributed by atoms with van der Waals surface area (Å²) in [6.07, 6.45) is 5.77. The Morgan fingerprint density at radius 2 is 1.71 bits per heavy atom.